The quantitative estimate of drug-likeness (QED) is 0.351. The molecule has 0 aliphatic heterocycles. The van der Waals surface area contributed by atoms with Gasteiger partial charge in [0.25, 0.3) is 0 Å². The van der Waals surface area contributed by atoms with Gasteiger partial charge in [0.15, 0.2) is 0 Å². The van der Waals surface area contributed by atoms with Gasteiger partial charge in [-0.2, -0.15) is 13.2 Å². The van der Waals surface area contributed by atoms with Gasteiger partial charge in [-0.1, -0.05) is 6.58 Å². The van der Waals surface area contributed by atoms with Crippen molar-refractivity contribution in [3.63, 3.8) is 0 Å². The average Bonchev–Trinajstić information content (AvgIpc) is 2.44. The second kappa shape index (κ2) is 7.63. The molecule has 0 unspecified atom stereocenters. The third-order valence-electron chi connectivity index (χ3n) is 2.55. The monoisotopic (exact) mass is 315 g/mol. The maximum Gasteiger partial charge on any atom is 0.433 e. The summed E-state index contributed by atoms with van der Waals surface area (Å²) >= 11 is 0. The number of hydrogen-bond donors (Lipinski definition) is 0. The number of carbonyl (C=O) groups excluding carboxylic acids is 1. The highest BCUT2D eigenvalue weighted by molar-refractivity contribution is 6.04. The fourth-order valence-electron chi connectivity index (χ4n) is 1.55. The Balaban J connectivity index is 2.56. The summed E-state index contributed by atoms with van der Waals surface area (Å²) in [7, 11) is 1.09. The van der Waals surface area contributed by atoms with Crippen LogP contribution in [0.4, 0.5) is 13.2 Å². The Hall–Kier alpha value is -2.31. The minimum absolute atomic E-state index is 0.0255. The highest BCUT2D eigenvalue weighted by Gasteiger charge is 2.36. The minimum atomic E-state index is -4.51. The number of esters is 1. The summed E-state index contributed by atoms with van der Waals surface area (Å²) in [5.41, 5.74) is -0.714. The van der Waals surface area contributed by atoms with Gasteiger partial charge in [-0.05, 0) is 31.2 Å². The number of halogens is 3. The van der Waals surface area contributed by atoms with Gasteiger partial charge in [-0.15, -0.1) is 0 Å². The van der Waals surface area contributed by atoms with E-state index in [1.54, 1.807) is 0 Å². The molecule has 0 spiro atoms. The summed E-state index contributed by atoms with van der Waals surface area (Å²) in [5, 5.41) is 0. The summed E-state index contributed by atoms with van der Waals surface area (Å²) < 4.78 is 48.1. The first-order valence-electron chi connectivity index (χ1n) is 6.35. The molecule has 0 N–H and O–H groups in total. The summed E-state index contributed by atoms with van der Waals surface area (Å²) in [5.74, 6) is -0.152. The molecule has 120 valence electrons. The molecule has 1 aromatic carbocycles. The van der Waals surface area contributed by atoms with Gasteiger partial charge < -0.3 is 9.47 Å². The van der Waals surface area contributed by atoms with Crippen molar-refractivity contribution in [2.24, 2.45) is 4.99 Å². The van der Waals surface area contributed by atoms with Gasteiger partial charge in [-0.25, -0.2) is 4.79 Å². The SMILES string of the molecule is C=C(C)C(=O)OCCOc1ccc(/C(=N/C)C(F)(F)F)cc1. The Morgan fingerprint density at radius 3 is 2.27 bits per heavy atom. The first-order chi connectivity index (χ1) is 10.3. The van der Waals surface area contributed by atoms with Crippen LogP contribution >= 0.6 is 0 Å². The Morgan fingerprint density at radius 1 is 1.23 bits per heavy atom. The van der Waals surface area contributed by atoms with Gasteiger partial charge in [0.2, 0.25) is 0 Å². The normalized spacial score (nSPS) is 12.0. The molecule has 7 heteroatoms. The van der Waals surface area contributed by atoms with Crippen LogP contribution in [-0.4, -0.2) is 38.1 Å². The third kappa shape index (κ3) is 5.23. The predicted molar refractivity (Wildman–Crippen MR) is 76.2 cm³/mol. The van der Waals surface area contributed by atoms with Gasteiger partial charge in [-0.3, -0.25) is 4.99 Å². The van der Waals surface area contributed by atoms with Crippen LogP contribution in [0.1, 0.15) is 12.5 Å². The smallest absolute Gasteiger partial charge is 0.433 e. The topological polar surface area (TPSA) is 47.9 Å². The zero-order valence-electron chi connectivity index (χ0n) is 12.2. The second-order valence-electron chi connectivity index (χ2n) is 4.36. The number of alkyl halides is 3. The minimum Gasteiger partial charge on any atom is -0.490 e. The van der Waals surface area contributed by atoms with Gasteiger partial charge in [0, 0.05) is 18.2 Å². The van der Waals surface area contributed by atoms with Crippen molar-refractivity contribution in [3.05, 3.63) is 42.0 Å². The Bertz CT molecular complexity index is 562. The Labute approximate surface area is 126 Å². The van der Waals surface area contributed by atoms with Gasteiger partial charge >= 0.3 is 12.1 Å². The van der Waals surface area contributed by atoms with E-state index in [0.29, 0.717) is 5.75 Å². The van der Waals surface area contributed by atoms with E-state index in [0.717, 1.165) is 7.05 Å². The van der Waals surface area contributed by atoms with Crippen molar-refractivity contribution >= 4 is 11.7 Å². The van der Waals surface area contributed by atoms with E-state index >= 15 is 0 Å². The summed E-state index contributed by atoms with van der Waals surface area (Å²) in [6.45, 7) is 5.07. The summed E-state index contributed by atoms with van der Waals surface area (Å²) in [4.78, 5) is 14.4. The summed E-state index contributed by atoms with van der Waals surface area (Å²) in [6.07, 6.45) is -4.51. The van der Waals surface area contributed by atoms with Gasteiger partial charge in [0.1, 0.15) is 24.7 Å². The van der Waals surface area contributed by atoms with Crippen molar-refractivity contribution < 1.29 is 27.4 Å². The van der Waals surface area contributed by atoms with Crippen LogP contribution in [-0.2, 0) is 9.53 Å². The average molecular weight is 315 g/mol. The first kappa shape index (κ1) is 17.7. The molecule has 0 saturated heterocycles. The van der Waals surface area contributed by atoms with Crippen LogP contribution in [0.3, 0.4) is 0 Å². The predicted octanol–water partition coefficient (Wildman–Crippen LogP) is 3.17. The van der Waals surface area contributed by atoms with Crippen molar-refractivity contribution in [2.75, 3.05) is 20.3 Å². The van der Waals surface area contributed by atoms with Crippen LogP contribution in [0, 0.1) is 0 Å². The number of carbonyl (C=O) groups is 1. The lowest BCUT2D eigenvalue weighted by atomic mass is 10.1. The molecule has 0 radical (unpaired) electrons. The number of hydrogen-bond acceptors (Lipinski definition) is 4. The summed E-state index contributed by atoms with van der Waals surface area (Å²) in [6, 6.07) is 5.33. The molecule has 0 aliphatic rings. The lowest BCUT2D eigenvalue weighted by Crippen LogP contribution is -2.23. The third-order valence-corrected chi connectivity index (χ3v) is 2.55. The number of ether oxygens (including phenoxy) is 2. The van der Waals surface area contributed by atoms with Crippen LogP contribution in [0.5, 0.6) is 5.75 Å². The van der Waals surface area contributed by atoms with Crippen LogP contribution in [0.25, 0.3) is 0 Å². The fourth-order valence-corrected chi connectivity index (χ4v) is 1.55. The van der Waals surface area contributed by atoms with E-state index in [2.05, 4.69) is 11.6 Å². The number of nitrogens with zero attached hydrogens (tertiary/aromatic N) is 1. The zero-order chi connectivity index (χ0) is 16.8. The lowest BCUT2D eigenvalue weighted by Gasteiger charge is -2.11. The standard InChI is InChI=1S/C15H16F3NO3/c1-10(2)14(20)22-9-8-21-12-6-4-11(5-7-12)13(19-3)15(16,17)18/h4-7H,1,8-9H2,2-3H3/b19-13-. The molecule has 4 nitrogen and oxygen atoms in total. The number of rotatable bonds is 6. The Morgan fingerprint density at radius 2 is 1.82 bits per heavy atom. The van der Waals surface area contributed by atoms with Crippen molar-refractivity contribution in [1.82, 2.24) is 0 Å². The Kier molecular flexibility index (Phi) is 6.15. The van der Waals surface area contributed by atoms with Crippen molar-refractivity contribution in [1.29, 1.82) is 0 Å². The molecule has 0 amide bonds. The number of aliphatic imine (C=N–C) groups is 1. The van der Waals surface area contributed by atoms with Crippen LogP contribution in [0.2, 0.25) is 0 Å². The lowest BCUT2D eigenvalue weighted by molar-refractivity contribution is -0.139. The zero-order valence-corrected chi connectivity index (χ0v) is 12.2. The van der Waals surface area contributed by atoms with Crippen molar-refractivity contribution in [3.8, 4) is 5.75 Å². The molecule has 0 saturated carbocycles. The van der Waals surface area contributed by atoms with E-state index < -0.39 is 17.9 Å². The highest BCUT2D eigenvalue weighted by atomic mass is 19.4. The molecule has 0 aliphatic carbocycles. The number of benzene rings is 1. The molecule has 0 atom stereocenters. The fraction of sp³-hybridized carbons (Fsp3) is 0.333. The largest absolute Gasteiger partial charge is 0.490 e. The van der Waals surface area contributed by atoms with Crippen LogP contribution in [0.15, 0.2) is 41.4 Å². The molecular formula is C15H16F3NO3. The second-order valence-corrected chi connectivity index (χ2v) is 4.36. The molecule has 0 bridgehead atoms. The molecule has 0 heterocycles. The van der Waals surface area contributed by atoms with Crippen LogP contribution < -0.4 is 4.74 Å². The van der Waals surface area contributed by atoms with Gasteiger partial charge in [0.05, 0.1) is 0 Å². The molecular weight excluding hydrogens is 299 g/mol. The van der Waals surface area contributed by atoms with E-state index in [4.69, 9.17) is 9.47 Å². The molecule has 1 rings (SSSR count). The van der Waals surface area contributed by atoms with E-state index in [1.165, 1.54) is 31.2 Å². The highest BCUT2D eigenvalue weighted by Crippen LogP contribution is 2.23. The van der Waals surface area contributed by atoms with E-state index in [-0.39, 0.29) is 24.4 Å². The molecule has 0 fully saturated rings. The maximum atomic E-state index is 12.7. The molecule has 22 heavy (non-hydrogen) atoms. The molecule has 1 aromatic rings. The van der Waals surface area contributed by atoms with Crippen molar-refractivity contribution in [2.45, 2.75) is 13.1 Å². The maximum absolute atomic E-state index is 12.7. The first-order valence-corrected chi connectivity index (χ1v) is 6.35. The van der Waals surface area contributed by atoms with E-state index in [9.17, 15) is 18.0 Å². The molecule has 0 aromatic heterocycles. The van der Waals surface area contributed by atoms with E-state index in [1.807, 2.05) is 0 Å².